The third-order valence-electron chi connectivity index (χ3n) is 6.39. The van der Waals surface area contributed by atoms with Crippen molar-refractivity contribution in [3.8, 4) is 0 Å². The van der Waals surface area contributed by atoms with Crippen LogP contribution in [0, 0.1) is 13.8 Å². The van der Waals surface area contributed by atoms with Crippen LogP contribution in [-0.4, -0.2) is 46.2 Å². The van der Waals surface area contributed by atoms with Gasteiger partial charge in [0.1, 0.15) is 5.69 Å². The molecule has 0 aliphatic heterocycles. The maximum absolute atomic E-state index is 8.84. The Morgan fingerprint density at radius 3 is 2.53 bits per heavy atom. The fourth-order valence-corrected chi connectivity index (χ4v) is 4.76. The Morgan fingerprint density at radius 1 is 1.12 bits per heavy atom. The van der Waals surface area contributed by atoms with E-state index in [0.29, 0.717) is 23.3 Å². The third kappa shape index (κ3) is 7.21. The topological polar surface area (TPSA) is 137 Å². The number of nitrogens with two attached hydrogens (primary N) is 3. The van der Waals surface area contributed by atoms with Crippen LogP contribution in [-0.2, 0) is 4.74 Å². The minimum Gasteiger partial charge on any atom is -0.394 e. The largest absolute Gasteiger partial charge is 0.394 e. The van der Waals surface area contributed by atoms with E-state index >= 15 is 0 Å². The van der Waals surface area contributed by atoms with Crippen molar-refractivity contribution in [3.63, 3.8) is 0 Å². The van der Waals surface area contributed by atoms with E-state index < -0.39 is 0 Å². The van der Waals surface area contributed by atoms with Crippen molar-refractivity contribution >= 4 is 29.1 Å². The van der Waals surface area contributed by atoms with Gasteiger partial charge < -0.3 is 21.3 Å². The summed E-state index contributed by atoms with van der Waals surface area (Å²) in [5.74, 6) is 8.80. The van der Waals surface area contributed by atoms with Gasteiger partial charge in [0, 0.05) is 11.8 Å². The number of aliphatic hydroxyl groups excluding tert-OH is 1. The zero-order valence-electron chi connectivity index (χ0n) is 20.7. The molecule has 1 aromatic carbocycles. The first-order valence-corrected chi connectivity index (χ1v) is 13.2. The maximum atomic E-state index is 8.84. The number of hydrazine groups is 1. The normalized spacial score (nSPS) is 19.6. The minimum atomic E-state index is 0.0287. The van der Waals surface area contributed by atoms with Gasteiger partial charge in [0.25, 0.3) is 0 Å². The molecule has 2 unspecified atom stereocenters. The Bertz CT molecular complexity index is 940. The number of hydrogen-bond acceptors (Lipinski definition) is 9. The molecule has 0 radical (unpaired) electrons. The van der Waals surface area contributed by atoms with Crippen molar-refractivity contribution in [2.75, 3.05) is 35.4 Å². The van der Waals surface area contributed by atoms with E-state index in [1.165, 1.54) is 35.7 Å². The van der Waals surface area contributed by atoms with Crippen LogP contribution >= 0.6 is 11.8 Å². The number of hydrogen-bond donors (Lipinski definition) is 4. The second-order valence-electron chi connectivity index (χ2n) is 9.19. The highest BCUT2D eigenvalue weighted by Gasteiger charge is 2.31. The molecular weight excluding hydrogens is 448 g/mol. The van der Waals surface area contributed by atoms with Crippen LogP contribution in [0.4, 0.5) is 17.3 Å². The van der Waals surface area contributed by atoms with Gasteiger partial charge in [-0.15, -0.1) is 0 Å². The van der Waals surface area contributed by atoms with E-state index in [9.17, 15) is 0 Å². The zero-order chi connectivity index (χ0) is 24.7. The van der Waals surface area contributed by atoms with E-state index in [2.05, 4.69) is 48.9 Å². The van der Waals surface area contributed by atoms with Crippen molar-refractivity contribution in [1.29, 1.82) is 0 Å². The Kier molecular flexibility index (Phi) is 9.82. The van der Waals surface area contributed by atoms with Crippen molar-refractivity contribution in [1.82, 2.24) is 9.97 Å². The molecule has 0 spiro atoms. The molecule has 2 aromatic rings. The van der Waals surface area contributed by atoms with Gasteiger partial charge in [0.05, 0.1) is 19.3 Å². The second-order valence-corrected chi connectivity index (χ2v) is 10.2. The molecular formula is C25H40N6O2S. The summed E-state index contributed by atoms with van der Waals surface area (Å²) in [5, 5.41) is 11.0. The van der Waals surface area contributed by atoms with Crippen molar-refractivity contribution in [3.05, 3.63) is 34.9 Å². The number of nitrogens with zero attached hydrogens (tertiary/aromatic N) is 3. The first-order chi connectivity index (χ1) is 16.3. The zero-order valence-corrected chi connectivity index (χ0v) is 21.5. The molecule has 34 heavy (non-hydrogen) atoms. The Labute approximate surface area is 207 Å². The van der Waals surface area contributed by atoms with Gasteiger partial charge in [-0.1, -0.05) is 36.9 Å². The molecule has 0 saturated heterocycles. The molecule has 1 aromatic heterocycles. The molecule has 4 rings (SSSR count). The number of aliphatic hydroxyl groups is 1. The fraction of sp³-hybridized carbons (Fsp3) is 0.600. The molecule has 7 N–H and O–H groups in total. The summed E-state index contributed by atoms with van der Waals surface area (Å²) in [7, 11) is 0. The Balaban J connectivity index is 0.000000243. The number of aromatic nitrogens is 2. The lowest BCUT2D eigenvalue weighted by Gasteiger charge is -2.26. The van der Waals surface area contributed by atoms with Crippen LogP contribution in [0.2, 0.25) is 0 Å². The number of rotatable bonds is 9. The summed E-state index contributed by atoms with van der Waals surface area (Å²) >= 11 is 1.54. The highest BCUT2D eigenvalue weighted by Crippen LogP contribution is 2.40. The number of anilines is 3. The van der Waals surface area contributed by atoms with Crippen molar-refractivity contribution in [2.24, 2.45) is 5.84 Å². The number of aryl methyl sites for hydroxylation is 2. The van der Waals surface area contributed by atoms with Crippen LogP contribution < -0.4 is 22.3 Å². The summed E-state index contributed by atoms with van der Waals surface area (Å²) in [4.78, 5) is 8.67. The average Bonchev–Trinajstić information content (AvgIpc) is 3.57. The molecule has 2 aliphatic rings. The minimum absolute atomic E-state index is 0.0287. The SMILES string of the molecule is CCCSc1nc(N)c(N)c(N(N)C2CCC(OCCO)C2)n1.Cc1ccc(C2CC2)cc1C. The van der Waals surface area contributed by atoms with Crippen LogP contribution in [0.1, 0.15) is 68.1 Å². The lowest BCUT2D eigenvalue weighted by Crippen LogP contribution is -2.41. The van der Waals surface area contributed by atoms with Crippen LogP contribution in [0.3, 0.4) is 0 Å². The molecule has 2 aliphatic carbocycles. The molecule has 0 bridgehead atoms. The number of thioether (sulfide) groups is 1. The van der Waals surface area contributed by atoms with Gasteiger partial charge in [-0.25, -0.2) is 15.8 Å². The monoisotopic (exact) mass is 488 g/mol. The van der Waals surface area contributed by atoms with Crippen LogP contribution in [0.5, 0.6) is 0 Å². The molecule has 1 heterocycles. The van der Waals surface area contributed by atoms with E-state index in [-0.39, 0.29) is 24.6 Å². The molecule has 2 saturated carbocycles. The summed E-state index contributed by atoms with van der Waals surface area (Å²) in [6.45, 7) is 6.84. The Hall–Kier alpha value is -2.07. The van der Waals surface area contributed by atoms with Gasteiger partial charge in [0.15, 0.2) is 16.8 Å². The van der Waals surface area contributed by atoms with E-state index in [0.717, 1.165) is 37.4 Å². The van der Waals surface area contributed by atoms with Gasteiger partial charge in [-0.2, -0.15) is 0 Å². The fourth-order valence-electron chi connectivity index (χ4n) is 4.06. The Morgan fingerprint density at radius 2 is 1.88 bits per heavy atom. The number of ether oxygens (including phenoxy) is 1. The summed E-state index contributed by atoms with van der Waals surface area (Å²) in [5.41, 5.74) is 16.6. The maximum Gasteiger partial charge on any atom is 0.191 e. The lowest BCUT2D eigenvalue weighted by molar-refractivity contribution is 0.0322. The predicted molar refractivity (Wildman–Crippen MR) is 141 cm³/mol. The second kappa shape index (κ2) is 12.6. The average molecular weight is 489 g/mol. The first-order valence-electron chi connectivity index (χ1n) is 12.2. The molecule has 0 amide bonds. The number of benzene rings is 1. The van der Waals surface area contributed by atoms with Crippen LogP contribution in [0.15, 0.2) is 23.4 Å². The van der Waals surface area contributed by atoms with Gasteiger partial charge >= 0.3 is 0 Å². The first kappa shape index (κ1) is 26.5. The molecule has 188 valence electrons. The highest BCUT2D eigenvalue weighted by atomic mass is 32.2. The van der Waals surface area contributed by atoms with Gasteiger partial charge in [-0.3, -0.25) is 5.01 Å². The molecule has 2 fully saturated rings. The van der Waals surface area contributed by atoms with Crippen molar-refractivity contribution < 1.29 is 9.84 Å². The standard InChI is InChI=1S/C14H26N6O2S.C11H14/c1-2-7-23-14-18-12(16)11(15)13(19-14)20(17)9-3-4-10(8-9)22-6-5-21;1-8-3-4-11(7-9(8)2)10-5-6-10/h9-10,21H,2-8,15,17H2,1H3,(H2,16,18,19);3-4,7,10H,5-6H2,1-2H3. The lowest BCUT2D eigenvalue weighted by atomic mass is 10.0. The number of nitrogen functional groups attached to an aromatic ring is 2. The van der Waals surface area contributed by atoms with E-state index in [1.807, 2.05) is 0 Å². The molecule has 9 heteroatoms. The summed E-state index contributed by atoms with van der Waals surface area (Å²) < 4.78 is 5.57. The predicted octanol–water partition coefficient (Wildman–Crippen LogP) is 3.93. The van der Waals surface area contributed by atoms with Crippen molar-refractivity contribution in [2.45, 2.75) is 82.5 Å². The summed E-state index contributed by atoms with van der Waals surface area (Å²) in [6.07, 6.45) is 6.49. The van der Waals surface area contributed by atoms with E-state index in [1.54, 1.807) is 10.6 Å². The molecule has 8 nitrogen and oxygen atoms in total. The smallest absolute Gasteiger partial charge is 0.191 e. The molecule has 2 atom stereocenters. The van der Waals surface area contributed by atoms with Gasteiger partial charge in [0.2, 0.25) is 0 Å². The van der Waals surface area contributed by atoms with Crippen LogP contribution in [0.25, 0.3) is 0 Å². The van der Waals surface area contributed by atoms with E-state index in [4.69, 9.17) is 27.2 Å². The summed E-state index contributed by atoms with van der Waals surface area (Å²) in [6, 6.07) is 6.94. The quantitative estimate of drug-likeness (QED) is 0.179. The third-order valence-corrected chi connectivity index (χ3v) is 7.44. The van der Waals surface area contributed by atoms with Gasteiger partial charge in [-0.05, 0) is 75.0 Å². The highest BCUT2D eigenvalue weighted by molar-refractivity contribution is 7.99.